The molecule has 4 nitrogen and oxygen atoms in total. The van der Waals surface area contributed by atoms with Gasteiger partial charge in [0.05, 0.1) is 11.8 Å². The quantitative estimate of drug-likeness (QED) is 0.811. The summed E-state index contributed by atoms with van der Waals surface area (Å²) in [6, 6.07) is 2.28. The maximum atomic E-state index is 11.7. The van der Waals surface area contributed by atoms with Crippen LogP contribution in [0.2, 0.25) is 0 Å². The van der Waals surface area contributed by atoms with Crippen molar-refractivity contribution in [3.05, 3.63) is 23.7 Å². The highest BCUT2D eigenvalue weighted by Crippen LogP contribution is 2.09. The van der Waals surface area contributed by atoms with Gasteiger partial charge in [-0.1, -0.05) is 0 Å². The number of hydrogen-bond acceptors (Lipinski definition) is 3. The molecule has 0 radical (unpaired) electrons. The van der Waals surface area contributed by atoms with Crippen LogP contribution in [0.4, 0.5) is 0 Å². The van der Waals surface area contributed by atoms with Gasteiger partial charge in [-0.3, -0.25) is 4.79 Å². The third-order valence-electron chi connectivity index (χ3n) is 3.04. The molecule has 0 bridgehead atoms. The first kappa shape index (κ1) is 11.2. The van der Waals surface area contributed by atoms with Gasteiger partial charge >= 0.3 is 0 Å². The summed E-state index contributed by atoms with van der Waals surface area (Å²) in [6.45, 7) is 3.63. The molecule has 1 saturated heterocycles. The second-order valence-electron chi connectivity index (χ2n) is 4.23. The van der Waals surface area contributed by atoms with Crippen molar-refractivity contribution >= 4 is 5.91 Å². The fourth-order valence-electron chi connectivity index (χ4n) is 2.08. The summed E-state index contributed by atoms with van der Waals surface area (Å²) in [5.41, 5.74) is 0.638. The Morgan fingerprint density at radius 2 is 2.56 bits per heavy atom. The highest BCUT2D eigenvalue weighted by Gasteiger charge is 2.15. The SMILES string of the molecule is Cc1occc1C(=O)NCC[C@H]1CCCN1. The lowest BCUT2D eigenvalue weighted by molar-refractivity contribution is 0.0951. The fraction of sp³-hybridized carbons (Fsp3) is 0.583. The zero-order chi connectivity index (χ0) is 11.4. The number of amides is 1. The summed E-state index contributed by atoms with van der Waals surface area (Å²) >= 11 is 0. The first-order valence-corrected chi connectivity index (χ1v) is 5.83. The summed E-state index contributed by atoms with van der Waals surface area (Å²) < 4.78 is 5.09. The van der Waals surface area contributed by atoms with E-state index in [1.807, 2.05) is 0 Å². The second kappa shape index (κ2) is 5.16. The highest BCUT2D eigenvalue weighted by molar-refractivity contribution is 5.94. The Morgan fingerprint density at radius 1 is 1.69 bits per heavy atom. The smallest absolute Gasteiger partial charge is 0.254 e. The molecule has 0 unspecified atom stereocenters. The van der Waals surface area contributed by atoms with E-state index in [1.54, 1.807) is 19.3 Å². The lowest BCUT2D eigenvalue weighted by Crippen LogP contribution is -2.30. The third-order valence-corrected chi connectivity index (χ3v) is 3.04. The fourth-order valence-corrected chi connectivity index (χ4v) is 2.08. The second-order valence-corrected chi connectivity index (χ2v) is 4.23. The van der Waals surface area contributed by atoms with Crippen molar-refractivity contribution in [2.75, 3.05) is 13.1 Å². The van der Waals surface area contributed by atoms with Crippen molar-refractivity contribution < 1.29 is 9.21 Å². The van der Waals surface area contributed by atoms with E-state index in [2.05, 4.69) is 10.6 Å². The van der Waals surface area contributed by atoms with E-state index in [1.165, 1.54) is 12.8 Å². The monoisotopic (exact) mass is 222 g/mol. The summed E-state index contributed by atoms with van der Waals surface area (Å²) in [7, 11) is 0. The number of furan rings is 1. The van der Waals surface area contributed by atoms with Gasteiger partial charge in [0.1, 0.15) is 5.76 Å². The van der Waals surface area contributed by atoms with Crippen LogP contribution in [-0.2, 0) is 0 Å². The molecule has 1 aliphatic rings. The topological polar surface area (TPSA) is 54.3 Å². The molecular weight excluding hydrogens is 204 g/mol. The van der Waals surface area contributed by atoms with Crippen molar-refractivity contribution in [3.63, 3.8) is 0 Å². The van der Waals surface area contributed by atoms with Gasteiger partial charge in [-0.2, -0.15) is 0 Å². The van der Waals surface area contributed by atoms with Gasteiger partial charge < -0.3 is 15.1 Å². The molecule has 1 atom stereocenters. The van der Waals surface area contributed by atoms with Gasteiger partial charge in [-0.25, -0.2) is 0 Å². The number of carbonyl (C=O) groups excluding carboxylic acids is 1. The molecule has 1 aromatic rings. The Bertz CT molecular complexity index is 354. The largest absolute Gasteiger partial charge is 0.469 e. The molecule has 2 heterocycles. The third kappa shape index (κ3) is 2.64. The van der Waals surface area contributed by atoms with E-state index >= 15 is 0 Å². The van der Waals surface area contributed by atoms with Crippen LogP contribution >= 0.6 is 0 Å². The van der Waals surface area contributed by atoms with Gasteiger partial charge in [0.25, 0.3) is 5.91 Å². The summed E-state index contributed by atoms with van der Waals surface area (Å²) in [5.74, 6) is 0.640. The zero-order valence-electron chi connectivity index (χ0n) is 9.58. The van der Waals surface area contributed by atoms with Crippen LogP contribution < -0.4 is 10.6 Å². The molecule has 1 aromatic heterocycles. The van der Waals surface area contributed by atoms with Crippen molar-refractivity contribution in [1.29, 1.82) is 0 Å². The Labute approximate surface area is 95.4 Å². The average molecular weight is 222 g/mol. The highest BCUT2D eigenvalue weighted by atomic mass is 16.3. The first-order chi connectivity index (χ1) is 7.77. The van der Waals surface area contributed by atoms with Crippen molar-refractivity contribution in [2.24, 2.45) is 0 Å². The van der Waals surface area contributed by atoms with Crippen LogP contribution in [0.3, 0.4) is 0 Å². The molecule has 1 aliphatic heterocycles. The lowest BCUT2D eigenvalue weighted by atomic mass is 10.1. The average Bonchev–Trinajstić information content (AvgIpc) is 2.88. The summed E-state index contributed by atoms with van der Waals surface area (Å²) in [4.78, 5) is 11.7. The molecule has 0 saturated carbocycles. The van der Waals surface area contributed by atoms with Gasteiger partial charge in [0.2, 0.25) is 0 Å². The standard InChI is InChI=1S/C12H18N2O2/c1-9-11(5-8-16-9)12(15)14-7-4-10-3-2-6-13-10/h5,8,10,13H,2-4,6-7H2,1H3,(H,14,15)/t10-/m1/s1. The van der Waals surface area contributed by atoms with E-state index in [-0.39, 0.29) is 5.91 Å². The van der Waals surface area contributed by atoms with Crippen molar-refractivity contribution in [1.82, 2.24) is 10.6 Å². The molecule has 0 spiro atoms. The minimum Gasteiger partial charge on any atom is -0.469 e. The lowest BCUT2D eigenvalue weighted by Gasteiger charge is -2.10. The molecule has 2 rings (SSSR count). The number of hydrogen-bond donors (Lipinski definition) is 2. The Hall–Kier alpha value is -1.29. The molecule has 88 valence electrons. The molecular formula is C12H18N2O2. The van der Waals surface area contributed by atoms with Crippen LogP contribution in [0.1, 0.15) is 35.4 Å². The number of aryl methyl sites for hydroxylation is 1. The van der Waals surface area contributed by atoms with E-state index < -0.39 is 0 Å². The van der Waals surface area contributed by atoms with Gasteiger partial charge in [-0.05, 0) is 38.8 Å². The molecule has 1 amide bonds. The predicted molar refractivity (Wildman–Crippen MR) is 61.4 cm³/mol. The molecule has 16 heavy (non-hydrogen) atoms. The van der Waals surface area contributed by atoms with E-state index in [9.17, 15) is 4.79 Å². The van der Waals surface area contributed by atoms with Crippen molar-refractivity contribution in [2.45, 2.75) is 32.2 Å². The zero-order valence-corrected chi connectivity index (χ0v) is 9.58. The minimum atomic E-state index is -0.0377. The van der Waals surface area contributed by atoms with Crippen molar-refractivity contribution in [3.8, 4) is 0 Å². The molecule has 4 heteroatoms. The Kier molecular flexibility index (Phi) is 3.62. The maximum Gasteiger partial charge on any atom is 0.254 e. The Balaban J connectivity index is 1.73. The number of nitrogens with one attached hydrogen (secondary N) is 2. The number of carbonyl (C=O) groups is 1. The van der Waals surface area contributed by atoms with Gasteiger partial charge in [0, 0.05) is 12.6 Å². The van der Waals surface area contributed by atoms with Crippen LogP contribution in [0.5, 0.6) is 0 Å². The molecule has 0 aliphatic carbocycles. The Morgan fingerprint density at radius 3 is 3.19 bits per heavy atom. The molecule has 0 aromatic carbocycles. The van der Waals surface area contributed by atoms with E-state index in [4.69, 9.17) is 4.42 Å². The maximum absolute atomic E-state index is 11.7. The molecule has 2 N–H and O–H groups in total. The van der Waals surface area contributed by atoms with Crippen LogP contribution in [-0.4, -0.2) is 25.0 Å². The van der Waals surface area contributed by atoms with Crippen LogP contribution in [0, 0.1) is 6.92 Å². The van der Waals surface area contributed by atoms with E-state index in [0.717, 1.165) is 19.5 Å². The molecule has 1 fully saturated rings. The normalized spacial score (nSPS) is 19.9. The summed E-state index contributed by atoms with van der Waals surface area (Å²) in [6.07, 6.45) is 5.02. The van der Waals surface area contributed by atoms with Crippen LogP contribution in [0.25, 0.3) is 0 Å². The van der Waals surface area contributed by atoms with Gasteiger partial charge in [0.15, 0.2) is 0 Å². The first-order valence-electron chi connectivity index (χ1n) is 5.83. The minimum absolute atomic E-state index is 0.0377. The summed E-state index contributed by atoms with van der Waals surface area (Å²) in [5, 5.41) is 6.32. The van der Waals surface area contributed by atoms with E-state index in [0.29, 0.717) is 17.4 Å². The predicted octanol–water partition coefficient (Wildman–Crippen LogP) is 1.46. The number of rotatable bonds is 4. The van der Waals surface area contributed by atoms with Gasteiger partial charge in [-0.15, -0.1) is 0 Å². The van der Waals surface area contributed by atoms with Crippen LogP contribution in [0.15, 0.2) is 16.7 Å².